The molecule has 1 N–H and O–H groups in total. The van der Waals surface area contributed by atoms with Crippen LogP contribution in [0.25, 0.3) is 0 Å². The van der Waals surface area contributed by atoms with Crippen LogP contribution in [0, 0.1) is 6.92 Å². The zero-order valence-electron chi connectivity index (χ0n) is 11.8. The zero-order chi connectivity index (χ0) is 15.4. The van der Waals surface area contributed by atoms with E-state index in [0.717, 1.165) is 0 Å². The van der Waals surface area contributed by atoms with Crippen LogP contribution in [0.1, 0.15) is 38.9 Å². The first-order valence-corrected chi connectivity index (χ1v) is 6.51. The summed E-state index contributed by atoms with van der Waals surface area (Å²) in [6.45, 7) is 3.62. The van der Waals surface area contributed by atoms with Crippen LogP contribution >= 0.6 is 0 Å². The largest absolute Gasteiger partial charge is 0.507 e. The van der Waals surface area contributed by atoms with Gasteiger partial charge in [0.2, 0.25) is 0 Å². The molecule has 0 amide bonds. The number of phenolic OH excluding ortho intramolecular Hbond substituents is 1. The maximum absolute atomic E-state index is 12.4. The van der Waals surface area contributed by atoms with Crippen molar-refractivity contribution >= 4 is 11.8 Å². The summed E-state index contributed by atoms with van der Waals surface area (Å²) >= 11 is 0. The van der Waals surface area contributed by atoms with Gasteiger partial charge >= 0.3 is 5.97 Å². The van der Waals surface area contributed by atoms with Crippen LogP contribution in [0.5, 0.6) is 5.75 Å². The number of para-hydroxylation sites is 1. The van der Waals surface area contributed by atoms with E-state index in [4.69, 9.17) is 4.74 Å². The van der Waals surface area contributed by atoms with Gasteiger partial charge in [0.25, 0.3) is 0 Å². The van der Waals surface area contributed by atoms with Gasteiger partial charge in [0.1, 0.15) is 5.75 Å². The van der Waals surface area contributed by atoms with Crippen molar-refractivity contribution in [2.45, 2.75) is 13.8 Å². The van der Waals surface area contributed by atoms with E-state index >= 15 is 0 Å². The van der Waals surface area contributed by atoms with Gasteiger partial charge in [0.05, 0.1) is 23.4 Å². The number of pyridine rings is 1. The molecule has 2 rings (SSSR count). The summed E-state index contributed by atoms with van der Waals surface area (Å²) in [5.74, 6) is -1.03. The Balaban J connectivity index is 2.41. The Hall–Kier alpha value is -2.69. The Kier molecular flexibility index (Phi) is 4.33. The van der Waals surface area contributed by atoms with Crippen LogP contribution in [-0.2, 0) is 4.74 Å². The van der Waals surface area contributed by atoms with Crippen LogP contribution in [-0.4, -0.2) is 28.4 Å². The molecule has 0 unspecified atom stereocenters. The van der Waals surface area contributed by atoms with Crippen molar-refractivity contribution in [1.29, 1.82) is 0 Å². The van der Waals surface area contributed by atoms with Crippen LogP contribution in [0.15, 0.2) is 36.5 Å². The number of hydrogen-bond donors (Lipinski definition) is 1. The molecule has 21 heavy (non-hydrogen) atoms. The molecule has 0 saturated carbocycles. The Labute approximate surface area is 122 Å². The van der Waals surface area contributed by atoms with E-state index < -0.39 is 11.8 Å². The molecule has 0 aliphatic carbocycles. The fourth-order valence-electron chi connectivity index (χ4n) is 1.89. The Morgan fingerprint density at radius 3 is 2.62 bits per heavy atom. The van der Waals surface area contributed by atoms with Crippen LogP contribution in [0.2, 0.25) is 0 Å². The summed E-state index contributed by atoms with van der Waals surface area (Å²) < 4.78 is 4.93. The van der Waals surface area contributed by atoms with Crippen LogP contribution < -0.4 is 0 Å². The van der Waals surface area contributed by atoms with Gasteiger partial charge in [-0.1, -0.05) is 12.1 Å². The first kappa shape index (κ1) is 14.7. The normalized spacial score (nSPS) is 10.2. The lowest BCUT2D eigenvalue weighted by molar-refractivity contribution is 0.0525. The third-order valence-electron chi connectivity index (χ3n) is 2.99. The first-order chi connectivity index (χ1) is 10.0. The van der Waals surface area contributed by atoms with Gasteiger partial charge in [0.15, 0.2) is 5.78 Å². The lowest BCUT2D eigenvalue weighted by Gasteiger charge is -2.08. The number of rotatable bonds is 4. The highest BCUT2D eigenvalue weighted by Gasteiger charge is 2.18. The number of aromatic hydroxyl groups is 1. The molecule has 1 heterocycles. The molecule has 108 valence electrons. The summed E-state index contributed by atoms with van der Waals surface area (Å²) in [5.41, 5.74) is 1.13. The number of nitrogens with zero attached hydrogens (tertiary/aromatic N) is 1. The summed E-state index contributed by atoms with van der Waals surface area (Å²) in [6.07, 6.45) is 1.38. The number of carbonyl (C=O) groups excluding carboxylic acids is 2. The van der Waals surface area contributed by atoms with E-state index in [9.17, 15) is 14.7 Å². The second-order valence-corrected chi connectivity index (χ2v) is 4.42. The second kappa shape index (κ2) is 6.17. The molecule has 2 aromatic rings. The third kappa shape index (κ3) is 3.08. The van der Waals surface area contributed by atoms with Gasteiger partial charge in [-0.05, 0) is 32.0 Å². The fourth-order valence-corrected chi connectivity index (χ4v) is 1.89. The molecule has 0 spiro atoms. The van der Waals surface area contributed by atoms with Crippen molar-refractivity contribution < 1.29 is 19.4 Å². The second-order valence-electron chi connectivity index (χ2n) is 4.42. The van der Waals surface area contributed by atoms with Gasteiger partial charge in [0, 0.05) is 11.8 Å². The molecule has 1 aromatic carbocycles. The highest BCUT2D eigenvalue weighted by atomic mass is 16.5. The summed E-state index contributed by atoms with van der Waals surface area (Å²) in [4.78, 5) is 28.2. The zero-order valence-corrected chi connectivity index (χ0v) is 11.8. The van der Waals surface area contributed by atoms with Gasteiger partial charge in [-0.2, -0.15) is 0 Å². The lowest BCUT2D eigenvalue weighted by Crippen LogP contribution is -2.11. The monoisotopic (exact) mass is 285 g/mol. The van der Waals surface area contributed by atoms with E-state index in [-0.39, 0.29) is 29.0 Å². The Bertz CT molecular complexity index is 694. The van der Waals surface area contributed by atoms with E-state index in [1.807, 2.05) is 0 Å². The number of esters is 1. The molecule has 5 heteroatoms. The van der Waals surface area contributed by atoms with E-state index in [1.54, 1.807) is 26.0 Å². The Morgan fingerprint density at radius 1 is 1.24 bits per heavy atom. The summed E-state index contributed by atoms with van der Waals surface area (Å²) in [7, 11) is 0. The number of ketones is 1. The molecule has 0 saturated heterocycles. The first-order valence-electron chi connectivity index (χ1n) is 6.51. The van der Waals surface area contributed by atoms with Crippen molar-refractivity contribution in [2.75, 3.05) is 6.61 Å². The number of ether oxygens (including phenoxy) is 1. The minimum atomic E-state index is -0.519. The summed E-state index contributed by atoms with van der Waals surface area (Å²) in [6, 6.07) is 7.67. The highest BCUT2D eigenvalue weighted by Crippen LogP contribution is 2.20. The van der Waals surface area contributed by atoms with Crippen molar-refractivity contribution in [2.24, 2.45) is 0 Å². The Morgan fingerprint density at radius 2 is 1.95 bits per heavy atom. The topological polar surface area (TPSA) is 76.5 Å². The third-order valence-corrected chi connectivity index (χ3v) is 2.99. The van der Waals surface area contributed by atoms with Gasteiger partial charge in [-0.3, -0.25) is 9.78 Å². The predicted octanol–water partition coefficient (Wildman–Crippen LogP) is 2.50. The van der Waals surface area contributed by atoms with Gasteiger partial charge in [-0.25, -0.2) is 4.79 Å². The van der Waals surface area contributed by atoms with Crippen LogP contribution in [0.3, 0.4) is 0 Å². The number of phenols is 1. The molecule has 0 aliphatic rings. The summed E-state index contributed by atoms with van der Waals surface area (Å²) in [5, 5.41) is 9.73. The molecule has 1 aromatic heterocycles. The van der Waals surface area contributed by atoms with Crippen LogP contribution in [0.4, 0.5) is 0 Å². The van der Waals surface area contributed by atoms with E-state index in [0.29, 0.717) is 5.69 Å². The fraction of sp³-hybridized carbons (Fsp3) is 0.188. The van der Waals surface area contributed by atoms with Crippen molar-refractivity contribution in [1.82, 2.24) is 4.98 Å². The molecule has 0 aliphatic heterocycles. The van der Waals surface area contributed by atoms with Crippen molar-refractivity contribution in [3.63, 3.8) is 0 Å². The van der Waals surface area contributed by atoms with E-state index in [1.165, 1.54) is 24.4 Å². The predicted molar refractivity (Wildman–Crippen MR) is 76.5 cm³/mol. The molecule has 0 radical (unpaired) electrons. The minimum absolute atomic E-state index is 0.110. The van der Waals surface area contributed by atoms with Crippen molar-refractivity contribution in [3.05, 3.63) is 58.9 Å². The quantitative estimate of drug-likeness (QED) is 0.690. The number of aryl methyl sites for hydroxylation is 1. The molecular formula is C16H15NO4. The number of hydrogen-bond acceptors (Lipinski definition) is 5. The van der Waals surface area contributed by atoms with Gasteiger partial charge < -0.3 is 9.84 Å². The number of benzene rings is 1. The molecule has 5 nitrogen and oxygen atoms in total. The molecule has 0 atom stereocenters. The van der Waals surface area contributed by atoms with Gasteiger partial charge in [-0.15, -0.1) is 0 Å². The molecule has 0 bridgehead atoms. The number of carbonyl (C=O) groups is 2. The standard InChI is InChI=1S/C16H15NO4/c1-3-21-16(20)13-8-11(9-17-10(13)2)15(19)12-6-4-5-7-14(12)18/h4-9,18H,3H2,1-2H3. The number of aromatic nitrogens is 1. The average Bonchev–Trinajstić information content (AvgIpc) is 2.48. The smallest absolute Gasteiger partial charge is 0.339 e. The molecule has 0 fully saturated rings. The van der Waals surface area contributed by atoms with E-state index in [2.05, 4.69) is 4.98 Å². The molecular weight excluding hydrogens is 270 g/mol. The SMILES string of the molecule is CCOC(=O)c1cc(C(=O)c2ccccc2O)cnc1C. The maximum atomic E-state index is 12.4. The van der Waals surface area contributed by atoms with Crippen molar-refractivity contribution in [3.8, 4) is 5.75 Å². The minimum Gasteiger partial charge on any atom is -0.507 e. The average molecular weight is 285 g/mol. The maximum Gasteiger partial charge on any atom is 0.339 e. The highest BCUT2D eigenvalue weighted by molar-refractivity contribution is 6.11. The lowest BCUT2D eigenvalue weighted by atomic mass is 10.0.